The lowest BCUT2D eigenvalue weighted by atomic mass is 10.1. The van der Waals surface area contributed by atoms with Gasteiger partial charge in [-0.05, 0) is 38.1 Å². The van der Waals surface area contributed by atoms with E-state index in [2.05, 4.69) is 39.5 Å². The van der Waals surface area contributed by atoms with Gasteiger partial charge in [-0.25, -0.2) is 14.2 Å². The van der Waals surface area contributed by atoms with E-state index in [9.17, 15) is 4.79 Å². The molecule has 9 heteroatoms. The van der Waals surface area contributed by atoms with Crippen LogP contribution in [0.5, 0.6) is 0 Å². The van der Waals surface area contributed by atoms with Crippen molar-refractivity contribution >= 4 is 40.1 Å². The number of aromatic nitrogens is 4. The van der Waals surface area contributed by atoms with Crippen molar-refractivity contribution in [3.8, 4) is 11.4 Å². The second kappa shape index (κ2) is 8.27. The van der Waals surface area contributed by atoms with E-state index >= 15 is 0 Å². The first-order valence-corrected chi connectivity index (χ1v) is 11.1. The highest BCUT2D eigenvalue weighted by atomic mass is 35.5. The highest BCUT2D eigenvalue weighted by molar-refractivity contribution is 6.31. The normalized spacial score (nSPS) is 14.3. The molecule has 1 aliphatic heterocycles. The fourth-order valence-corrected chi connectivity index (χ4v) is 4.31. The molecule has 2 amide bonds. The van der Waals surface area contributed by atoms with Crippen LogP contribution in [-0.2, 0) is 0 Å². The lowest BCUT2D eigenvalue weighted by Gasteiger charge is -2.35. The number of aryl methyl sites for hydroxylation is 1. The van der Waals surface area contributed by atoms with Gasteiger partial charge in [0.2, 0.25) is 5.95 Å². The first-order valence-electron chi connectivity index (χ1n) is 10.7. The molecule has 1 N–H and O–H groups in total. The first-order chi connectivity index (χ1) is 15.5. The summed E-state index contributed by atoms with van der Waals surface area (Å²) in [5, 5.41) is 13.5. The third-order valence-electron chi connectivity index (χ3n) is 5.74. The molecule has 8 nitrogen and oxygen atoms in total. The van der Waals surface area contributed by atoms with Gasteiger partial charge in [0.05, 0.1) is 5.52 Å². The Morgan fingerprint density at radius 1 is 1.09 bits per heavy atom. The maximum atomic E-state index is 12.2. The van der Waals surface area contributed by atoms with E-state index in [-0.39, 0.29) is 6.03 Å². The molecule has 164 valence electrons. The topological polar surface area (TPSA) is 78.7 Å². The predicted octanol–water partition coefficient (Wildman–Crippen LogP) is 3.76. The molecule has 1 saturated heterocycles. The number of amides is 2. The van der Waals surface area contributed by atoms with Crippen LogP contribution in [0.25, 0.3) is 27.9 Å². The summed E-state index contributed by atoms with van der Waals surface area (Å²) >= 11 is 6.26. The van der Waals surface area contributed by atoms with Gasteiger partial charge >= 0.3 is 6.03 Å². The van der Waals surface area contributed by atoms with Crippen LogP contribution in [0, 0.1) is 6.92 Å². The van der Waals surface area contributed by atoms with Crippen molar-refractivity contribution in [1.82, 2.24) is 29.8 Å². The van der Waals surface area contributed by atoms with Crippen molar-refractivity contribution in [1.29, 1.82) is 0 Å². The number of hydrogen-bond donors (Lipinski definition) is 1. The zero-order valence-corrected chi connectivity index (χ0v) is 18.8. The van der Waals surface area contributed by atoms with Crippen molar-refractivity contribution in [2.75, 3.05) is 37.6 Å². The SMILES string of the molecule is CCNC(=O)N1CCN(c2nc3cc(Cl)ccc3c3nnc(-c4cccc(C)c4)n23)CC1. The number of carbonyl (C=O) groups is 1. The molecule has 1 fully saturated rings. The van der Waals surface area contributed by atoms with Crippen molar-refractivity contribution in [2.45, 2.75) is 13.8 Å². The Balaban J connectivity index is 1.63. The van der Waals surface area contributed by atoms with Gasteiger partial charge in [0, 0.05) is 48.7 Å². The number of rotatable bonds is 3. The van der Waals surface area contributed by atoms with Crippen LogP contribution in [0.3, 0.4) is 0 Å². The molecule has 0 aliphatic carbocycles. The number of hydrogen-bond acceptors (Lipinski definition) is 5. The Bertz CT molecular complexity index is 1310. The fraction of sp³-hybridized carbons (Fsp3) is 0.304. The molecule has 3 heterocycles. The van der Waals surface area contributed by atoms with Gasteiger partial charge in [-0.15, -0.1) is 10.2 Å². The van der Waals surface area contributed by atoms with E-state index < -0.39 is 0 Å². The lowest BCUT2D eigenvalue weighted by molar-refractivity contribution is 0.194. The van der Waals surface area contributed by atoms with Crippen LogP contribution in [0.2, 0.25) is 5.02 Å². The Labute approximate surface area is 190 Å². The van der Waals surface area contributed by atoms with Crippen LogP contribution in [0.15, 0.2) is 42.5 Å². The summed E-state index contributed by atoms with van der Waals surface area (Å²) in [6, 6.07) is 13.8. The molecule has 5 rings (SSSR count). The van der Waals surface area contributed by atoms with Crippen LogP contribution < -0.4 is 10.2 Å². The zero-order valence-electron chi connectivity index (χ0n) is 18.0. The third kappa shape index (κ3) is 3.60. The quantitative estimate of drug-likeness (QED) is 0.515. The van der Waals surface area contributed by atoms with Crippen molar-refractivity contribution in [2.24, 2.45) is 0 Å². The van der Waals surface area contributed by atoms with Gasteiger partial charge in [0.15, 0.2) is 11.5 Å². The molecule has 0 bridgehead atoms. The Kier molecular flexibility index (Phi) is 5.30. The monoisotopic (exact) mass is 449 g/mol. The van der Waals surface area contributed by atoms with E-state index in [4.69, 9.17) is 16.6 Å². The highest BCUT2D eigenvalue weighted by Gasteiger charge is 2.26. The van der Waals surface area contributed by atoms with Gasteiger partial charge < -0.3 is 15.1 Å². The average Bonchev–Trinajstić information content (AvgIpc) is 3.24. The number of carbonyl (C=O) groups excluding carboxylic acids is 1. The van der Waals surface area contributed by atoms with Crippen LogP contribution in [0.1, 0.15) is 12.5 Å². The molecular weight excluding hydrogens is 426 g/mol. The number of halogens is 1. The summed E-state index contributed by atoms with van der Waals surface area (Å²) in [4.78, 5) is 21.2. The fourth-order valence-electron chi connectivity index (χ4n) is 4.15. The van der Waals surface area contributed by atoms with Crippen molar-refractivity contribution < 1.29 is 4.79 Å². The summed E-state index contributed by atoms with van der Waals surface area (Å²) in [5.74, 6) is 1.50. The number of nitrogens with one attached hydrogen (secondary N) is 1. The number of piperazine rings is 1. The zero-order chi connectivity index (χ0) is 22.2. The molecular formula is C23H24ClN7O. The Hall–Kier alpha value is -3.39. The summed E-state index contributed by atoms with van der Waals surface area (Å²) < 4.78 is 2.02. The minimum Gasteiger partial charge on any atom is -0.338 e. The molecule has 0 saturated carbocycles. The molecule has 2 aromatic carbocycles. The smallest absolute Gasteiger partial charge is 0.317 e. The van der Waals surface area contributed by atoms with Crippen LogP contribution in [0.4, 0.5) is 10.7 Å². The van der Waals surface area contributed by atoms with E-state index in [0.717, 1.165) is 39.4 Å². The molecule has 1 aliphatic rings. The standard InChI is InChI=1S/C23H24ClN7O/c1-3-25-23(32)30-11-9-29(10-12-30)22-26-19-14-17(24)7-8-18(19)21-28-27-20(31(21)22)16-6-4-5-15(2)13-16/h4-8,13-14H,3,9-12H2,1-2H3,(H,25,32). The summed E-state index contributed by atoms with van der Waals surface area (Å²) in [6.45, 7) is 7.16. The molecule has 0 atom stereocenters. The highest BCUT2D eigenvalue weighted by Crippen LogP contribution is 2.30. The summed E-state index contributed by atoms with van der Waals surface area (Å²) in [5.41, 5.74) is 3.64. The van der Waals surface area contributed by atoms with Crippen LogP contribution >= 0.6 is 11.6 Å². The first kappa shape index (κ1) is 20.5. The summed E-state index contributed by atoms with van der Waals surface area (Å²) in [7, 11) is 0. The maximum Gasteiger partial charge on any atom is 0.317 e. The number of nitrogens with zero attached hydrogens (tertiary/aromatic N) is 6. The van der Waals surface area contributed by atoms with Gasteiger partial charge in [-0.2, -0.15) is 0 Å². The van der Waals surface area contributed by atoms with E-state index in [1.54, 1.807) is 0 Å². The third-order valence-corrected chi connectivity index (χ3v) is 5.97. The molecule has 32 heavy (non-hydrogen) atoms. The number of benzene rings is 2. The molecule has 0 spiro atoms. The number of urea groups is 1. The van der Waals surface area contributed by atoms with Crippen molar-refractivity contribution in [3.05, 3.63) is 53.1 Å². The molecule has 2 aromatic heterocycles. The maximum absolute atomic E-state index is 12.2. The van der Waals surface area contributed by atoms with E-state index in [1.165, 1.54) is 0 Å². The number of anilines is 1. The summed E-state index contributed by atoms with van der Waals surface area (Å²) in [6.07, 6.45) is 0. The molecule has 0 unspecified atom stereocenters. The number of fused-ring (bicyclic) bond motifs is 3. The second-order valence-electron chi connectivity index (χ2n) is 7.93. The Morgan fingerprint density at radius 2 is 1.91 bits per heavy atom. The van der Waals surface area contributed by atoms with Gasteiger partial charge in [-0.1, -0.05) is 35.4 Å². The Morgan fingerprint density at radius 3 is 2.66 bits per heavy atom. The average molecular weight is 450 g/mol. The predicted molar refractivity (Wildman–Crippen MR) is 126 cm³/mol. The molecule has 0 radical (unpaired) electrons. The lowest BCUT2D eigenvalue weighted by Crippen LogP contribution is -2.52. The molecule has 4 aromatic rings. The second-order valence-corrected chi connectivity index (χ2v) is 8.37. The van der Waals surface area contributed by atoms with Crippen molar-refractivity contribution in [3.63, 3.8) is 0 Å². The minimum atomic E-state index is -0.0275. The largest absolute Gasteiger partial charge is 0.338 e. The van der Waals surface area contributed by atoms with Gasteiger partial charge in [-0.3, -0.25) is 0 Å². The minimum absolute atomic E-state index is 0.0275. The van der Waals surface area contributed by atoms with E-state index in [1.807, 2.05) is 46.6 Å². The van der Waals surface area contributed by atoms with Crippen LogP contribution in [-0.4, -0.2) is 63.2 Å². The van der Waals surface area contributed by atoms with Gasteiger partial charge in [0.25, 0.3) is 0 Å². The van der Waals surface area contributed by atoms with Gasteiger partial charge in [0.1, 0.15) is 0 Å². The van der Waals surface area contributed by atoms with E-state index in [0.29, 0.717) is 37.7 Å².